The summed E-state index contributed by atoms with van der Waals surface area (Å²) in [6, 6.07) is 20.5. The number of aryl methyl sites for hydroxylation is 1. The van der Waals surface area contributed by atoms with Crippen molar-refractivity contribution < 1.29 is 9.59 Å². The molecule has 0 fully saturated rings. The summed E-state index contributed by atoms with van der Waals surface area (Å²) in [6.45, 7) is 1.47. The second-order valence-electron chi connectivity index (χ2n) is 7.17. The number of amides is 2. The molecule has 0 spiro atoms. The maximum atomic E-state index is 12.6. The second-order valence-corrected chi connectivity index (χ2v) is 7.60. The van der Waals surface area contributed by atoms with E-state index >= 15 is 0 Å². The molecule has 2 N–H and O–H groups in total. The van der Waals surface area contributed by atoms with E-state index in [0.29, 0.717) is 38.7 Å². The molecule has 7 nitrogen and oxygen atoms in total. The number of hydrogen-bond acceptors (Lipinski definition) is 4. The molecule has 0 aliphatic rings. The van der Waals surface area contributed by atoms with Crippen LogP contribution in [0.5, 0.6) is 0 Å². The number of rotatable bonds is 5. The second kappa shape index (κ2) is 9.03. The number of fused-ring (bicyclic) bond motifs is 1. The zero-order chi connectivity index (χ0) is 22.7. The minimum Gasteiger partial charge on any atom is -0.325 e. The molecule has 4 rings (SSSR count). The molecule has 3 aromatic carbocycles. The Morgan fingerprint density at radius 2 is 1.69 bits per heavy atom. The largest absolute Gasteiger partial charge is 0.325 e. The molecule has 160 valence electrons. The normalized spacial score (nSPS) is 10.7. The molecule has 0 aliphatic carbocycles. The minimum absolute atomic E-state index is 0.153. The third-order valence-electron chi connectivity index (χ3n) is 4.83. The lowest BCUT2D eigenvalue weighted by Crippen LogP contribution is -2.30. The SMILES string of the molecule is Cc1nc2ccccc2n(CC(=O)Nc2ccc(C(=O)Nc3cccc(Cl)c3)cc2)c1=O. The smallest absolute Gasteiger partial charge is 0.272 e. The Kier molecular flexibility index (Phi) is 6.00. The van der Waals surface area contributed by atoms with Gasteiger partial charge in [0.25, 0.3) is 11.5 Å². The van der Waals surface area contributed by atoms with Crippen molar-refractivity contribution in [2.45, 2.75) is 13.5 Å². The van der Waals surface area contributed by atoms with Crippen molar-refractivity contribution in [1.29, 1.82) is 0 Å². The number of nitrogens with one attached hydrogen (secondary N) is 2. The Bertz CT molecular complexity index is 1380. The van der Waals surface area contributed by atoms with Gasteiger partial charge in [-0.15, -0.1) is 0 Å². The highest BCUT2D eigenvalue weighted by Gasteiger charge is 2.12. The van der Waals surface area contributed by atoms with Gasteiger partial charge in [0, 0.05) is 22.0 Å². The van der Waals surface area contributed by atoms with Gasteiger partial charge in [-0.2, -0.15) is 0 Å². The first kappa shape index (κ1) is 21.3. The van der Waals surface area contributed by atoms with Gasteiger partial charge >= 0.3 is 0 Å². The van der Waals surface area contributed by atoms with E-state index in [1.165, 1.54) is 4.57 Å². The topological polar surface area (TPSA) is 93.1 Å². The maximum absolute atomic E-state index is 12.6. The molecule has 4 aromatic rings. The van der Waals surface area contributed by atoms with Crippen LogP contribution in [0.2, 0.25) is 5.02 Å². The van der Waals surface area contributed by atoms with E-state index in [9.17, 15) is 14.4 Å². The maximum Gasteiger partial charge on any atom is 0.272 e. The van der Waals surface area contributed by atoms with Gasteiger partial charge in [-0.1, -0.05) is 29.8 Å². The summed E-state index contributed by atoms with van der Waals surface area (Å²) < 4.78 is 1.40. The van der Waals surface area contributed by atoms with Crippen LogP contribution in [0.1, 0.15) is 16.1 Å². The Morgan fingerprint density at radius 1 is 0.938 bits per heavy atom. The third-order valence-corrected chi connectivity index (χ3v) is 5.07. The number of aromatic nitrogens is 2. The Labute approximate surface area is 188 Å². The molecule has 0 atom stereocenters. The highest BCUT2D eigenvalue weighted by molar-refractivity contribution is 6.31. The summed E-state index contributed by atoms with van der Waals surface area (Å²) >= 11 is 5.94. The Balaban J connectivity index is 1.46. The molecule has 2 amide bonds. The van der Waals surface area contributed by atoms with Crippen LogP contribution in [0.25, 0.3) is 11.0 Å². The van der Waals surface area contributed by atoms with Crippen molar-refractivity contribution in [2.75, 3.05) is 10.6 Å². The van der Waals surface area contributed by atoms with Gasteiger partial charge in [0.05, 0.1) is 11.0 Å². The van der Waals surface area contributed by atoms with Crippen molar-refractivity contribution >= 4 is 45.8 Å². The van der Waals surface area contributed by atoms with Crippen molar-refractivity contribution in [3.8, 4) is 0 Å². The molecular formula is C24H19ClN4O3. The van der Waals surface area contributed by atoms with Crippen LogP contribution in [-0.2, 0) is 11.3 Å². The van der Waals surface area contributed by atoms with E-state index in [0.717, 1.165) is 0 Å². The Hall–Kier alpha value is -3.97. The van der Waals surface area contributed by atoms with Gasteiger partial charge < -0.3 is 10.6 Å². The van der Waals surface area contributed by atoms with Crippen molar-refractivity contribution in [3.63, 3.8) is 0 Å². The summed E-state index contributed by atoms with van der Waals surface area (Å²) in [7, 11) is 0. The summed E-state index contributed by atoms with van der Waals surface area (Å²) in [5, 5.41) is 6.05. The standard InChI is InChI=1S/C24H19ClN4O3/c1-15-24(32)29(21-8-3-2-7-20(21)26-15)14-22(30)27-18-11-9-16(10-12-18)23(31)28-19-6-4-5-17(25)13-19/h2-13H,14H2,1H3,(H,27,30)(H,28,31). The lowest BCUT2D eigenvalue weighted by Gasteiger charge is -2.12. The number of halogens is 1. The third kappa shape index (κ3) is 4.68. The van der Waals surface area contributed by atoms with E-state index in [4.69, 9.17) is 11.6 Å². The van der Waals surface area contributed by atoms with Crippen LogP contribution in [0.3, 0.4) is 0 Å². The molecule has 0 unspecified atom stereocenters. The zero-order valence-corrected chi connectivity index (χ0v) is 17.9. The van der Waals surface area contributed by atoms with Crippen LogP contribution in [0.15, 0.2) is 77.6 Å². The van der Waals surface area contributed by atoms with Crippen LogP contribution < -0.4 is 16.2 Å². The van der Waals surface area contributed by atoms with Gasteiger partial charge in [0.15, 0.2) is 0 Å². The fourth-order valence-electron chi connectivity index (χ4n) is 3.30. The predicted molar refractivity (Wildman–Crippen MR) is 125 cm³/mol. The molecule has 0 saturated heterocycles. The number of nitrogens with zero attached hydrogens (tertiary/aromatic N) is 2. The number of carbonyl (C=O) groups excluding carboxylic acids is 2. The lowest BCUT2D eigenvalue weighted by molar-refractivity contribution is -0.116. The van der Waals surface area contributed by atoms with E-state index in [2.05, 4.69) is 15.6 Å². The fraction of sp³-hybridized carbons (Fsp3) is 0.0833. The average Bonchev–Trinajstić information content (AvgIpc) is 2.77. The van der Waals surface area contributed by atoms with Gasteiger partial charge in [-0.3, -0.25) is 19.0 Å². The van der Waals surface area contributed by atoms with Gasteiger partial charge in [-0.05, 0) is 61.5 Å². The molecule has 0 radical (unpaired) electrons. The predicted octanol–water partition coefficient (Wildman–Crippen LogP) is 4.25. The minimum atomic E-state index is -0.362. The van der Waals surface area contributed by atoms with Crippen molar-refractivity contribution in [2.24, 2.45) is 0 Å². The summed E-state index contributed by atoms with van der Waals surface area (Å²) in [5.41, 5.74) is 2.77. The van der Waals surface area contributed by atoms with Gasteiger partial charge in [-0.25, -0.2) is 4.98 Å². The first-order valence-corrected chi connectivity index (χ1v) is 10.2. The molecular weight excluding hydrogens is 428 g/mol. The van der Waals surface area contributed by atoms with Crippen molar-refractivity contribution in [3.05, 3.63) is 99.4 Å². The van der Waals surface area contributed by atoms with Crippen LogP contribution >= 0.6 is 11.6 Å². The summed E-state index contributed by atoms with van der Waals surface area (Å²) in [6.07, 6.45) is 0. The summed E-state index contributed by atoms with van der Waals surface area (Å²) in [5.74, 6) is -0.658. The first-order chi connectivity index (χ1) is 15.4. The van der Waals surface area contributed by atoms with Crippen LogP contribution in [0.4, 0.5) is 11.4 Å². The van der Waals surface area contributed by atoms with E-state index < -0.39 is 0 Å². The van der Waals surface area contributed by atoms with Gasteiger partial charge in [0.2, 0.25) is 5.91 Å². The lowest BCUT2D eigenvalue weighted by atomic mass is 10.2. The number of anilines is 2. The van der Waals surface area contributed by atoms with E-state index in [1.807, 2.05) is 6.07 Å². The Morgan fingerprint density at radius 3 is 2.44 bits per heavy atom. The van der Waals surface area contributed by atoms with E-state index in [1.54, 1.807) is 73.7 Å². The number of carbonyl (C=O) groups is 2. The number of hydrogen-bond donors (Lipinski definition) is 2. The first-order valence-electron chi connectivity index (χ1n) is 9.84. The quantitative estimate of drug-likeness (QED) is 0.479. The zero-order valence-electron chi connectivity index (χ0n) is 17.1. The highest BCUT2D eigenvalue weighted by Crippen LogP contribution is 2.17. The molecule has 0 saturated carbocycles. The molecule has 1 aromatic heterocycles. The van der Waals surface area contributed by atoms with Crippen molar-refractivity contribution in [1.82, 2.24) is 9.55 Å². The fourth-order valence-corrected chi connectivity index (χ4v) is 3.49. The monoisotopic (exact) mass is 446 g/mol. The number of para-hydroxylation sites is 2. The highest BCUT2D eigenvalue weighted by atomic mass is 35.5. The molecule has 32 heavy (non-hydrogen) atoms. The van der Waals surface area contributed by atoms with Crippen LogP contribution in [0, 0.1) is 6.92 Å². The average molecular weight is 447 g/mol. The molecule has 0 bridgehead atoms. The van der Waals surface area contributed by atoms with Crippen LogP contribution in [-0.4, -0.2) is 21.4 Å². The molecule has 8 heteroatoms. The number of benzene rings is 3. The summed E-state index contributed by atoms with van der Waals surface area (Å²) in [4.78, 5) is 41.8. The molecule has 1 heterocycles. The molecule has 0 aliphatic heterocycles. The van der Waals surface area contributed by atoms with E-state index in [-0.39, 0.29) is 23.9 Å². The van der Waals surface area contributed by atoms with Gasteiger partial charge in [0.1, 0.15) is 12.2 Å².